The van der Waals surface area contributed by atoms with Crippen LogP contribution in [-0.2, 0) is 9.53 Å². The van der Waals surface area contributed by atoms with Gasteiger partial charge in [0.25, 0.3) is 0 Å². The topological polar surface area (TPSA) is 64.3 Å². The van der Waals surface area contributed by atoms with Gasteiger partial charge in [-0.3, -0.25) is 4.79 Å². The molecule has 1 fully saturated rings. The number of unbranched alkanes of at least 4 members (excludes halogenated alkanes) is 2. The molecule has 1 rings (SSSR count). The van der Waals surface area contributed by atoms with E-state index in [1.165, 1.54) is 0 Å². The van der Waals surface area contributed by atoms with Gasteiger partial charge >= 0.3 is 0 Å². The molecule has 0 aliphatic heterocycles. The molecule has 1 aliphatic rings. The van der Waals surface area contributed by atoms with Crippen molar-refractivity contribution >= 4 is 5.91 Å². The van der Waals surface area contributed by atoms with Crippen LogP contribution < -0.4 is 11.1 Å². The summed E-state index contributed by atoms with van der Waals surface area (Å²) in [4.78, 5) is 11.5. The molecule has 0 bridgehead atoms. The smallest absolute Gasteiger partial charge is 0.219 e. The van der Waals surface area contributed by atoms with E-state index in [1.54, 1.807) is 0 Å². The number of nitrogens with one attached hydrogen (secondary N) is 1. The minimum atomic E-state index is 0.116. The molecule has 0 aromatic heterocycles. The predicted octanol–water partition coefficient (Wildman–Crippen LogP) is 1.97. The van der Waals surface area contributed by atoms with Crippen molar-refractivity contribution in [2.75, 3.05) is 13.2 Å². The van der Waals surface area contributed by atoms with E-state index in [1.807, 2.05) is 0 Å². The number of amides is 1. The SMILES string of the molecule is C#CCCCCC(=O)NCCCOC1CCC(N)CC1. The van der Waals surface area contributed by atoms with Crippen molar-refractivity contribution in [2.24, 2.45) is 5.73 Å². The number of ether oxygens (including phenoxy) is 1. The van der Waals surface area contributed by atoms with E-state index < -0.39 is 0 Å². The average Bonchev–Trinajstić information content (AvgIpc) is 2.45. The predicted molar refractivity (Wildman–Crippen MR) is 81.1 cm³/mol. The minimum Gasteiger partial charge on any atom is -0.378 e. The van der Waals surface area contributed by atoms with Gasteiger partial charge in [-0.1, -0.05) is 0 Å². The molecule has 1 amide bonds. The van der Waals surface area contributed by atoms with Gasteiger partial charge < -0.3 is 15.8 Å². The van der Waals surface area contributed by atoms with Crippen LogP contribution in [0.5, 0.6) is 0 Å². The lowest BCUT2D eigenvalue weighted by atomic mass is 9.94. The summed E-state index contributed by atoms with van der Waals surface area (Å²) in [5.74, 6) is 2.70. The quantitative estimate of drug-likeness (QED) is 0.501. The zero-order valence-electron chi connectivity index (χ0n) is 12.4. The van der Waals surface area contributed by atoms with Crippen LogP contribution in [0.4, 0.5) is 0 Å². The maximum atomic E-state index is 11.5. The Morgan fingerprint density at radius 1 is 1.25 bits per heavy atom. The van der Waals surface area contributed by atoms with Crippen molar-refractivity contribution < 1.29 is 9.53 Å². The maximum absolute atomic E-state index is 11.5. The van der Waals surface area contributed by atoms with Crippen LogP contribution in [0.2, 0.25) is 0 Å². The molecule has 0 aromatic rings. The van der Waals surface area contributed by atoms with E-state index in [0.29, 0.717) is 25.1 Å². The second kappa shape index (κ2) is 10.7. The number of carbonyl (C=O) groups excluding carboxylic acids is 1. The number of hydrogen-bond acceptors (Lipinski definition) is 3. The lowest BCUT2D eigenvalue weighted by molar-refractivity contribution is -0.121. The Kier molecular flexibility index (Phi) is 9.10. The first-order valence-corrected chi connectivity index (χ1v) is 7.79. The number of rotatable bonds is 9. The molecule has 4 heteroatoms. The van der Waals surface area contributed by atoms with Crippen LogP contribution in [-0.4, -0.2) is 31.2 Å². The minimum absolute atomic E-state index is 0.116. The highest BCUT2D eigenvalue weighted by Crippen LogP contribution is 2.19. The normalized spacial score (nSPS) is 22.2. The first-order valence-electron chi connectivity index (χ1n) is 7.79. The van der Waals surface area contributed by atoms with Gasteiger partial charge in [-0.15, -0.1) is 12.3 Å². The zero-order valence-corrected chi connectivity index (χ0v) is 12.4. The Balaban J connectivity index is 1.89. The summed E-state index contributed by atoms with van der Waals surface area (Å²) in [6, 6.07) is 0.364. The highest BCUT2D eigenvalue weighted by Gasteiger charge is 2.18. The zero-order chi connectivity index (χ0) is 14.6. The lowest BCUT2D eigenvalue weighted by Gasteiger charge is -2.26. The molecule has 0 saturated heterocycles. The molecule has 4 nitrogen and oxygen atoms in total. The third kappa shape index (κ3) is 8.19. The van der Waals surface area contributed by atoms with Gasteiger partial charge in [0.1, 0.15) is 0 Å². The van der Waals surface area contributed by atoms with Crippen molar-refractivity contribution in [1.82, 2.24) is 5.32 Å². The molecular formula is C16H28N2O2. The second-order valence-electron chi connectivity index (χ2n) is 5.52. The molecule has 1 aliphatic carbocycles. The molecule has 0 atom stereocenters. The number of hydrogen-bond donors (Lipinski definition) is 2. The Morgan fingerprint density at radius 2 is 2.00 bits per heavy atom. The monoisotopic (exact) mass is 280 g/mol. The van der Waals surface area contributed by atoms with E-state index >= 15 is 0 Å². The first kappa shape index (κ1) is 17.0. The Hall–Kier alpha value is -1.05. The molecule has 0 radical (unpaired) electrons. The van der Waals surface area contributed by atoms with E-state index in [-0.39, 0.29) is 5.91 Å². The van der Waals surface area contributed by atoms with Crippen molar-refractivity contribution in [3.8, 4) is 12.3 Å². The summed E-state index contributed by atoms with van der Waals surface area (Å²) in [6.45, 7) is 1.41. The molecular weight excluding hydrogens is 252 g/mol. The van der Waals surface area contributed by atoms with Crippen molar-refractivity contribution in [2.45, 2.75) is 69.9 Å². The Bertz CT molecular complexity index is 304. The molecule has 114 valence electrons. The summed E-state index contributed by atoms with van der Waals surface area (Å²) in [7, 11) is 0. The Morgan fingerprint density at radius 3 is 2.70 bits per heavy atom. The van der Waals surface area contributed by atoms with Crippen LogP contribution in [0, 0.1) is 12.3 Å². The summed E-state index contributed by atoms with van der Waals surface area (Å²) < 4.78 is 5.80. The first-order chi connectivity index (χ1) is 9.72. The van der Waals surface area contributed by atoms with Crippen molar-refractivity contribution in [3.63, 3.8) is 0 Å². The largest absolute Gasteiger partial charge is 0.378 e. The van der Waals surface area contributed by atoms with E-state index in [4.69, 9.17) is 16.9 Å². The van der Waals surface area contributed by atoms with Crippen LogP contribution >= 0.6 is 0 Å². The third-order valence-corrected chi connectivity index (χ3v) is 3.69. The van der Waals surface area contributed by atoms with Gasteiger partial charge in [0.2, 0.25) is 5.91 Å². The summed E-state index contributed by atoms with van der Waals surface area (Å²) in [6.07, 6.45) is 13.8. The van der Waals surface area contributed by atoms with Gasteiger partial charge in [0.05, 0.1) is 6.10 Å². The standard InChI is InChI=1S/C16H28N2O2/c1-2-3-4-5-7-16(19)18-12-6-13-20-15-10-8-14(17)9-11-15/h1,14-15H,3-13,17H2,(H,18,19). The summed E-state index contributed by atoms with van der Waals surface area (Å²) in [5.41, 5.74) is 5.85. The number of carbonyl (C=O) groups is 1. The molecule has 0 heterocycles. The average molecular weight is 280 g/mol. The molecule has 3 N–H and O–H groups in total. The fourth-order valence-corrected chi connectivity index (χ4v) is 2.41. The van der Waals surface area contributed by atoms with Crippen LogP contribution in [0.25, 0.3) is 0 Å². The number of terminal acetylenes is 1. The van der Waals surface area contributed by atoms with Gasteiger partial charge in [-0.05, 0) is 44.9 Å². The summed E-state index contributed by atoms with van der Waals surface area (Å²) in [5, 5.41) is 2.91. The van der Waals surface area contributed by atoms with Crippen LogP contribution in [0.3, 0.4) is 0 Å². The highest BCUT2D eigenvalue weighted by atomic mass is 16.5. The molecule has 0 spiro atoms. The van der Waals surface area contributed by atoms with Crippen molar-refractivity contribution in [1.29, 1.82) is 0 Å². The van der Waals surface area contributed by atoms with E-state index in [0.717, 1.165) is 58.0 Å². The summed E-state index contributed by atoms with van der Waals surface area (Å²) >= 11 is 0. The Labute approximate surface area is 122 Å². The van der Waals surface area contributed by atoms with Crippen molar-refractivity contribution in [3.05, 3.63) is 0 Å². The fourth-order valence-electron chi connectivity index (χ4n) is 2.41. The van der Waals surface area contributed by atoms with Gasteiger partial charge in [0, 0.05) is 32.0 Å². The molecule has 0 aromatic carbocycles. The molecule has 1 saturated carbocycles. The van der Waals surface area contributed by atoms with Gasteiger partial charge in [0.15, 0.2) is 0 Å². The molecule has 0 unspecified atom stereocenters. The fraction of sp³-hybridized carbons (Fsp3) is 0.812. The van der Waals surface area contributed by atoms with Gasteiger partial charge in [-0.25, -0.2) is 0 Å². The van der Waals surface area contributed by atoms with Crippen LogP contribution in [0.15, 0.2) is 0 Å². The van der Waals surface area contributed by atoms with E-state index in [9.17, 15) is 4.79 Å². The second-order valence-corrected chi connectivity index (χ2v) is 5.52. The van der Waals surface area contributed by atoms with Gasteiger partial charge in [-0.2, -0.15) is 0 Å². The highest BCUT2D eigenvalue weighted by molar-refractivity contribution is 5.75. The lowest BCUT2D eigenvalue weighted by Crippen LogP contribution is -2.31. The van der Waals surface area contributed by atoms with Crippen LogP contribution in [0.1, 0.15) is 57.8 Å². The molecule has 20 heavy (non-hydrogen) atoms. The third-order valence-electron chi connectivity index (χ3n) is 3.69. The number of nitrogens with two attached hydrogens (primary N) is 1. The van der Waals surface area contributed by atoms with E-state index in [2.05, 4.69) is 11.2 Å². The maximum Gasteiger partial charge on any atom is 0.219 e.